The first-order valence-corrected chi connectivity index (χ1v) is 8.16. The number of rotatable bonds is 3. The maximum Gasteiger partial charge on any atom is 0.0996 e. The fourth-order valence-electron chi connectivity index (χ4n) is 1.57. The lowest BCUT2D eigenvalue weighted by Gasteiger charge is -2.16. The molecule has 1 aromatic heterocycles. The van der Waals surface area contributed by atoms with Gasteiger partial charge in [-0.15, -0.1) is 11.3 Å². The van der Waals surface area contributed by atoms with Crippen molar-refractivity contribution in [2.75, 3.05) is 5.32 Å². The van der Waals surface area contributed by atoms with E-state index in [1.54, 1.807) is 0 Å². The van der Waals surface area contributed by atoms with E-state index in [0.29, 0.717) is 13.7 Å². The highest BCUT2D eigenvalue weighted by Crippen LogP contribution is 2.37. The van der Waals surface area contributed by atoms with Gasteiger partial charge in [0.1, 0.15) is 0 Å². The van der Waals surface area contributed by atoms with E-state index in [2.05, 4.69) is 27.9 Å². The Labute approximate surface area is 139 Å². The van der Waals surface area contributed by atoms with Gasteiger partial charge in [0.05, 0.1) is 25.4 Å². The van der Waals surface area contributed by atoms with E-state index in [1.807, 2.05) is 31.2 Å². The number of hydrogen-bond acceptors (Lipinski definition) is 2. The second-order valence-corrected chi connectivity index (χ2v) is 7.71. The molecule has 0 aliphatic rings. The molecule has 2 rings (SSSR count). The molecular formula is C12H9Cl3INS. The third kappa shape index (κ3) is 3.45. The van der Waals surface area contributed by atoms with Gasteiger partial charge in [-0.25, -0.2) is 0 Å². The molecule has 0 radical (unpaired) electrons. The zero-order chi connectivity index (χ0) is 13.3. The molecule has 2 aromatic rings. The molecule has 0 saturated heterocycles. The van der Waals surface area contributed by atoms with Crippen LogP contribution in [0.25, 0.3) is 0 Å². The maximum absolute atomic E-state index is 6.18. The topological polar surface area (TPSA) is 12.0 Å². The molecule has 0 fully saturated rings. The van der Waals surface area contributed by atoms with Crippen LogP contribution < -0.4 is 5.32 Å². The van der Waals surface area contributed by atoms with Gasteiger partial charge in [-0.2, -0.15) is 0 Å². The molecule has 6 heteroatoms. The quantitative estimate of drug-likeness (QED) is 0.547. The summed E-state index contributed by atoms with van der Waals surface area (Å²) in [5.41, 5.74) is 1.88. The molecule has 0 bridgehead atoms. The highest BCUT2D eigenvalue weighted by Gasteiger charge is 2.14. The summed E-state index contributed by atoms with van der Waals surface area (Å²) < 4.78 is 2.51. The van der Waals surface area contributed by atoms with Gasteiger partial charge >= 0.3 is 0 Å². The zero-order valence-corrected chi connectivity index (χ0v) is 14.5. The zero-order valence-electron chi connectivity index (χ0n) is 9.31. The lowest BCUT2D eigenvalue weighted by Crippen LogP contribution is -2.06. The fraction of sp³-hybridized carbons (Fsp3) is 0.167. The fourth-order valence-corrected chi connectivity index (χ4v) is 4.12. The van der Waals surface area contributed by atoms with Crippen molar-refractivity contribution >= 4 is 74.4 Å². The SMILES string of the molecule is CC(Nc1ccc(I)cc1Cl)c1cc(Cl)sc1Cl. The maximum atomic E-state index is 6.18. The van der Waals surface area contributed by atoms with Crippen LogP contribution in [0.5, 0.6) is 0 Å². The summed E-state index contributed by atoms with van der Waals surface area (Å²) in [4.78, 5) is 0. The summed E-state index contributed by atoms with van der Waals surface area (Å²) in [7, 11) is 0. The molecule has 1 unspecified atom stereocenters. The van der Waals surface area contributed by atoms with Crippen molar-refractivity contribution in [1.29, 1.82) is 0 Å². The molecule has 1 nitrogen and oxygen atoms in total. The standard InChI is InChI=1S/C12H9Cl3INS/c1-6(8-5-11(14)18-12(8)15)17-10-3-2-7(16)4-9(10)13/h2-6,17H,1H3. The van der Waals surface area contributed by atoms with Crippen LogP contribution in [0.4, 0.5) is 5.69 Å². The van der Waals surface area contributed by atoms with Crippen LogP contribution in [-0.4, -0.2) is 0 Å². The normalized spacial score (nSPS) is 12.5. The van der Waals surface area contributed by atoms with Crippen molar-refractivity contribution in [3.05, 3.63) is 47.1 Å². The van der Waals surface area contributed by atoms with Crippen molar-refractivity contribution in [2.45, 2.75) is 13.0 Å². The van der Waals surface area contributed by atoms with Crippen molar-refractivity contribution in [2.24, 2.45) is 0 Å². The van der Waals surface area contributed by atoms with E-state index in [9.17, 15) is 0 Å². The number of nitrogens with one attached hydrogen (secondary N) is 1. The van der Waals surface area contributed by atoms with Crippen LogP contribution in [0.2, 0.25) is 13.7 Å². The van der Waals surface area contributed by atoms with E-state index in [1.165, 1.54) is 11.3 Å². The summed E-state index contributed by atoms with van der Waals surface area (Å²) >= 11 is 21.9. The lowest BCUT2D eigenvalue weighted by molar-refractivity contribution is 0.891. The number of thiophene rings is 1. The third-order valence-corrected chi connectivity index (χ3v) is 4.95. The van der Waals surface area contributed by atoms with Gasteiger partial charge in [0, 0.05) is 9.13 Å². The summed E-state index contributed by atoms with van der Waals surface area (Å²) in [5, 5.41) is 4.04. The van der Waals surface area contributed by atoms with Gasteiger partial charge in [-0.3, -0.25) is 0 Å². The Hall–Kier alpha value is 0.320. The average Bonchev–Trinajstić information content (AvgIpc) is 2.62. The summed E-state index contributed by atoms with van der Waals surface area (Å²) in [6.45, 7) is 2.03. The third-order valence-electron chi connectivity index (χ3n) is 2.45. The second-order valence-electron chi connectivity index (χ2n) is 3.77. The summed E-state index contributed by atoms with van der Waals surface area (Å²) in [6, 6.07) is 7.82. The van der Waals surface area contributed by atoms with Crippen LogP contribution in [-0.2, 0) is 0 Å². The molecule has 18 heavy (non-hydrogen) atoms. The van der Waals surface area contributed by atoms with E-state index in [0.717, 1.165) is 14.8 Å². The Kier molecular flexibility index (Phi) is 5.06. The molecule has 1 heterocycles. The molecule has 0 aliphatic carbocycles. The second kappa shape index (κ2) is 6.18. The molecule has 0 aliphatic heterocycles. The largest absolute Gasteiger partial charge is 0.377 e. The first kappa shape index (κ1) is 14.7. The predicted octanol–water partition coefficient (Wildman–Crippen LogP) is 6.49. The molecular weight excluding hydrogens is 423 g/mol. The van der Waals surface area contributed by atoms with Crippen LogP contribution in [0, 0.1) is 3.57 Å². The molecule has 0 saturated carbocycles. The predicted molar refractivity (Wildman–Crippen MR) is 90.5 cm³/mol. The van der Waals surface area contributed by atoms with Crippen LogP contribution in [0.3, 0.4) is 0 Å². The Balaban J connectivity index is 2.21. The van der Waals surface area contributed by atoms with Crippen molar-refractivity contribution < 1.29 is 0 Å². The van der Waals surface area contributed by atoms with Crippen LogP contribution in [0.15, 0.2) is 24.3 Å². The average molecular weight is 433 g/mol. The van der Waals surface area contributed by atoms with Crippen LogP contribution >= 0.6 is 68.7 Å². The molecule has 1 N–H and O–H groups in total. The van der Waals surface area contributed by atoms with Crippen LogP contribution in [0.1, 0.15) is 18.5 Å². The molecule has 1 atom stereocenters. The lowest BCUT2D eigenvalue weighted by atomic mass is 10.1. The van der Waals surface area contributed by atoms with Gasteiger partial charge in [-0.05, 0) is 53.8 Å². The van der Waals surface area contributed by atoms with Gasteiger partial charge in [-0.1, -0.05) is 34.8 Å². The molecule has 0 amide bonds. The molecule has 96 valence electrons. The van der Waals surface area contributed by atoms with Crippen molar-refractivity contribution in [3.8, 4) is 0 Å². The monoisotopic (exact) mass is 431 g/mol. The van der Waals surface area contributed by atoms with Gasteiger partial charge in [0.2, 0.25) is 0 Å². The van der Waals surface area contributed by atoms with E-state index < -0.39 is 0 Å². The van der Waals surface area contributed by atoms with E-state index in [-0.39, 0.29) is 6.04 Å². The van der Waals surface area contributed by atoms with E-state index >= 15 is 0 Å². The Morgan fingerprint density at radius 2 is 1.94 bits per heavy atom. The Morgan fingerprint density at radius 1 is 1.22 bits per heavy atom. The van der Waals surface area contributed by atoms with Crippen molar-refractivity contribution in [3.63, 3.8) is 0 Å². The highest BCUT2D eigenvalue weighted by molar-refractivity contribution is 14.1. The van der Waals surface area contributed by atoms with Gasteiger partial charge in [0.25, 0.3) is 0 Å². The van der Waals surface area contributed by atoms with Gasteiger partial charge in [0.15, 0.2) is 0 Å². The Morgan fingerprint density at radius 3 is 2.50 bits per heavy atom. The summed E-state index contributed by atoms with van der Waals surface area (Å²) in [6.07, 6.45) is 0. The van der Waals surface area contributed by atoms with Crippen molar-refractivity contribution in [1.82, 2.24) is 0 Å². The minimum atomic E-state index is 0.0545. The minimum Gasteiger partial charge on any atom is -0.377 e. The smallest absolute Gasteiger partial charge is 0.0996 e. The van der Waals surface area contributed by atoms with E-state index in [4.69, 9.17) is 34.8 Å². The first-order valence-electron chi connectivity index (χ1n) is 5.13. The summed E-state index contributed by atoms with van der Waals surface area (Å²) in [5.74, 6) is 0. The number of halogens is 4. The Bertz CT molecular complexity index is 570. The number of benzene rings is 1. The number of anilines is 1. The number of hydrogen-bond donors (Lipinski definition) is 1. The molecule has 1 aromatic carbocycles. The first-order chi connectivity index (χ1) is 8.47. The van der Waals surface area contributed by atoms with Gasteiger partial charge < -0.3 is 5.32 Å². The minimum absolute atomic E-state index is 0.0545. The molecule has 0 spiro atoms. The highest BCUT2D eigenvalue weighted by atomic mass is 127.